The first kappa shape index (κ1) is 15.9. The van der Waals surface area contributed by atoms with E-state index in [4.69, 9.17) is 16.3 Å². The van der Waals surface area contributed by atoms with Crippen LogP contribution in [0.4, 0.5) is 0 Å². The van der Waals surface area contributed by atoms with Crippen molar-refractivity contribution < 1.29 is 9.84 Å². The first-order chi connectivity index (χ1) is 9.88. The van der Waals surface area contributed by atoms with E-state index in [1.165, 1.54) is 0 Å². The normalized spacial score (nSPS) is 12.5. The zero-order valence-corrected chi connectivity index (χ0v) is 13.6. The molecule has 21 heavy (non-hydrogen) atoms. The Labute approximate surface area is 131 Å². The third-order valence-electron chi connectivity index (χ3n) is 3.45. The predicted octanol–water partition coefficient (Wildman–Crippen LogP) is 4.83. The summed E-state index contributed by atoms with van der Waals surface area (Å²) in [6, 6.07) is 11.3. The van der Waals surface area contributed by atoms with E-state index in [1.807, 2.05) is 64.1 Å². The molecule has 0 fully saturated rings. The number of hydrogen-bond acceptors (Lipinski definition) is 2. The molecule has 1 unspecified atom stereocenters. The fourth-order valence-electron chi connectivity index (χ4n) is 2.22. The summed E-state index contributed by atoms with van der Waals surface area (Å²) in [5, 5.41) is 11.2. The van der Waals surface area contributed by atoms with Crippen molar-refractivity contribution >= 4 is 11.6 Å². The molecule has 3 heteroatoms. The summed E-state index contributed by atoms with van der Waals surface area (Å²) in [4.78, 5) is 0. The van der Waals surface area contributed by atoms with E-state index in [-0.39, 0.29) is 6.10 Å². The third kappa shape index (κ3) is 3.78. The average molecular weight is 305 g/mol. The van der Waals surface area contributed by atoms with Gasteiger partial charge >= 0.3 is 0 Å². The number of benzene rings is 2. The van der Waals surface area contributed by atoms with Crippen LogP contribution in [0, 0.1) is 13.8 Å². The fraction of sp³-hybridized carbons (Fsp3) is 0.333. The molecular weight excluding hydrogens is 284 g/mol. The molecule has 0 aliphatic rings. The standard InChI is InChI=1S/C18H21ClO2/c1-11(2)21-15-7-5-6-14(10-15)18(20)16-8-12(3)13(4)9-17(16)19/h5-11,18,20H,1-4H3. The highest BCUT2D eigenvalue weighted by Gasteiger charge is 2.16. The van der Waals surface area contributed by atoms with Crippen LogP contribution in [0.3, 0.4) is 0 Å². The van der Waals surface area contributed by atoms with Crippen LogP contribution in [0.25, 0.3) is 0 Å². The topological polar surface area (TPSA) is 29.5 Å². The minimum Gasteiger partial charge on any atom is -0.491 e. The van der Waals surface area contributed by atoms with E-state index >= 15 is 0 Å². The van der Waals surface area contributed by atoms with Crippen LogP contribution in [0.5, 0.6) is 5.75 Å². The van der Waals surface area contributed by atoms with Crippen molar-refractivity contribution in [3.63, 3.8) is 0 Å². The smallest absolute Gasteiger partial charge is 0.120 e. The minimum atomic E-state index is -0.757. The van der Waals surface area contributed by atoms with Crippen LogP contribution in [0.2, 0.25) is 5.02 Å². The maximum atomic E-state index is 10.6. The first-order valence-electron chi connectivity index (χ1n) is 7.10. The number of halogens is 1. The molecule has 0 aromatic heterocycles. The van der Waals surface area contributed by atoms with E-state index < -0.39 is 6.10 Å². The van der Waals surface area contributed by atoms with Gasteiger partial charge in [-0.1, -0.05) is 29.8 Å². The Kier molecular flexibility index (Phi) is 4.92. The summed E-state index contributed by atoms with van der Waals surface area (Å²) in [6.07, 6.45) is -0.657. The van der Waals surface area contributed by atoms with E-state index in [1.54, 1.807) is 0 Å². The Morgan fingerprint density at radius 3 is 2.38 bits per heavy atom. The predicted molar refractivity (Wildman–Crippen MR) is 87.2 cm³/mol. The van der Waals surface area contributed by atoms with Gasteiger partial charge in [0.05, 0.1) is 6.10 Å². The molecule has 0 aliphatic heterocycles. The first-order valence-corrected chi connectivity index (χ1v) is 7.47. The summed E-state index contributed by atoms with van der Waals surface area (Å²) in [5.41, 5.74) is 3.73. The van der Waals surface area contributed by atoms with Crippen LogP contribution in [-0.4, -0.2) is 11.2 Å². The molecule has 112 valence electrons. The molecule has 1 N–H and O–H groups in total. The van der Waals surface area contributed by atoms with Crippen molar-refractivity contribution in [2.45, 2.75) is 39.9 Å². The maximum Gasteiger partial charge on any atom is 0.120 e. The van der Waals surface area contributed by atoms with Crippen molar-refractivity contribution in [1.82, 2.24) is 0 Å². The van der Waals surface area contributed by atoms with Crippen molar-refractivity contribution in [1.29, 1.82) is 0 Å². The van der Waals surface area contributed by atoms with Gasteiger partial charge in [-0.15, -0.1) is 0 Å². The monoisotopic (exact) mass is 304 g/mol. The lowest BCUT2D eigenvalue weighted by molar-refractivity contribution is 0.216. The van der Waals surface area contributed by atoms with Gasteiger partial charge in [0, 0.05) is 10.6 Å². The van der Waals surface area contributed by atoms with Gasteiger partial charge in [0.15, 0.2) is 0 Å². The van der Waals surface area contributed by atoms with E-state index in [0.29, 0.717) is 5.02 Å². The Balaban J connectivity index is 2.36. The molecule has 0 spiro atoms. The summed E-state index contributed by atoms with van der Waals surface area (Å²) in [5.74, 6) is 0.751. The molecule has 2 rings (SSSR count). The number of aliphatic hydroxyl groups excluding tert-OH is 1. The highest BCUT2D eigenvalue weighted by Crippen LogP contribution is 2.32. The highest BCUT2D eigenvalue weighted by molar-refractivity contribution is 6.31. The second kappa shape index (κ2) is 6.50. The van der Waals surface area contributed by atoms with Crippen LogP contribution < -0.4 is 4.74 Å². The molecule has 0 amide bonds. The van der Waals surface area contributed by atoms with Gasteiger partial charge in [-0.25, -0.2) is 0 Å². The summed E-state index contributed by atoms with van der Waals surface area (Å²) >= 11 is 6.28. The fourth-order valence-corrected chi connectivity index (χ4v) is 2.54. The van der Waals surface area contributed by atoms with Gasteiger partial charge in [-0.2, -0.15) is 0 Å². The quantitative estimate of drug-likeness (QED) is 0.877. The van der Waals surface area contributed by atoms with Gasteiger partial charge in [-0.3, -0.25) is 0 Å². The van der Waals surface area contributed by atoms with Gasteiger partial charge in [0.1, 0.15) is 11.9 Å². The number of hydrogen-bond donors (Lipinski definition) is 1. The summed E-state index contributed by atoms with van der Waals surface area (Å²) < 4.78 is 5.67. The number of aliphatic hydroxyl groups is 1. The van der Waals surface area contributed by atoms with Crippen molar-refractivity contribution in [2.75, 3.05) is 0 Å². The SMILES string of the molecule is Cc1cc(Cl)c(C(O)c2cccc(OC(C)C)c2)cc1C. The highest BCUT2D eigenvalue weighted by atomic mass is 35.5. The second-order valence-corrected chi connectivity index (χ2v) is 6.01. The average Bonchev–Trinajstić information content (AvgIpc) is 2.41. The van der Waals surface area contributed by atoms with Crippen LogP contribution in [-0.2, 0) is 0 Å². The third-order valence-corrected chi connectivity index (χ3v) is 3.78. The van der Waals surface area contributed by atoms with Crippen molar-refractivity contribution in [2.24, 2.45) is 0 Å². The molecule has 2 aromatic carbocycles. The Bertz CT molecular complexity index is 635. The molecule has 2 aromatic rings. The van der Waals surface area contributed by atoms with E-state index in [2.05, 4.69) is 0 Å². The number of aryl methyl sites for hydroxylation is 2. The Morgan fingerprint density at radius 1 is 1.05 bits per heavy atom. The molecule has 0 saturated heterocycles. The van der Waals surface area contributed by atoms with Gasteiger partial charge in [-0.05, 0) is 62.6 Å². The molecule has 2 nitrogen and oxygen atoms in total. The molecule has 0 saturated carbocycles. The zero-order chi connectivity index (χ0) is 15.6. The molecule has 0 bridgehead atoms. The molecule has 0 heterocycles. The lowest BCUT2D eigenvalue weighted by Gasteiger charge is -2.17. The van der Waals surface area contributed by atoms with E-state index in [9.17, 15) is 5.11 Å². The second-order valence-electron chi connectivity index (χ2n) is 5.60. The summed E-state index contributed by atoms with van der Waals surface area (Å²) in [7, 11) is 0. The largest absolute Gasteiger partial charge is 0.491 e. The molecule has 0 aliphatic carbocycles. The molecular formula is C18H21ClO2. The van der Waals surface area contributed by atoms with Gasteiger partial charge < -0.3 is 9.84 Å². The van der Waals surface area contributed by atoms with Crippen molar-refractivity contribution in [3.8, 4) is 5.75 Å². The minimum absolute atomic E-state index is 0.0996. The maximum absolute atomic E-state index is 10.6. The number of rotatable bonds is 4. The van der Waals surface area contributed by atoms with Crippen molar-refractivity contribution in [3.05, 3.63) is 63.7 Å². The summed E-state index contributed by atoms with van der Waals surface area (Å²) in [6.45, 7) is 7.97. The van der Waals surface area contributed by atoms with E-state index in [0.717, 1.165) is 28.0 Å². The van der Waals surface area contributed by atoms with Crippen LogP contribution in [0.15, 0.2) is 36.4 Å². The van der Waals surface area contributed by atoms with Gasteiger partial charge in [0.2, 0.25) is 0 Å². The Hall–Kier alpha value is -1.51. The molecule has 1 atom stereocenters. The lowest BCUT2D eigenvalue weighted by Crippen LogP contribution is -2.07. The molecule has 0 radical (unpaired) electrons. The van der Waals surface area contributed by atoms with Crippen LogP contribution >= 0.6 is 11.6 Å². The van der Waals surface area contributed by atoms with Crippen LogP contribution in [0.1, 0.15) is 42.2 Å². The Morgan fingerprint density at radius 2 is 1.71 bits per heavy atom. The van der Waals surface area contributed by atoms with Gasteiger partial charge in [0.25, 0.3) is 0 Å². The zero-order valence-electron chi connectivity index (χ0n) is 12.9. The number of ether oxygens (including phenoxy) is 1. The lowest BCUT2D eigenvalue weighted by atomic mass is 9.97.